The SMILES string of the molecule is CCCCCCCCCCCCCCC[C@@H](O)[C@H](C(=O)C[C@@H](O)CCC)C(N)O. The molecule has 0 aromatic heterocycles. The highest BCUT2D eigenvalue weighted by molar-refractivity contribution is 5.82. The van der Waals surface area contributed by atoms with E-state index in [9.17, 15) is 20.1 Å². The van der Waals surface area contributed by atoms with Gasteiger partial charge in [-0.15, -0.1) is 0 Å². The fourth-order valence-electron chi connectivity index (χ4n) is 3.99. The van der Waals surface area contributed by atoms with E-state index in [1.54, 1.807) is 0 Å². The topological polar surface area (TPSA) is 104 Å². The summed E-state index contributed by atoms with van der Waals surface area (Å²) in [6, 6.07) is 0. The van der Waals surface area contributed by atoms with Crippen molar-refractivity contribution in [3.63, 3.8) is 0 Å². The van der Waals surface area contributed by atoms with E-state index < -0.39 is 24.4 Å². The van der Waals surface area contributed by atoms with Gasteiger partial charge in [-0.25, -0.2) is 0 Å². The fourth-order valence-corrected chi connectivity index (χ4v) is 3.99. The Morgan fingerprint density at radius 3 is 1.55 bits per heavy atom. The van der Waals surface area contributed by atoms with Gasteiger partial charge in [-0.05, 0) is 12.8 Å². The monoisotopic (exact) mass is 415 g/mol. The molecule has 0 aliphatic carbocycles. The van der Waals surface area contributed by atoms with Gasteiger partial charge in [0.15, 0.2) is 0 Å². The lowest BCUT2D eigenvalue weighted by molar-refractivity contribution is -0.133. The minimum Gasteiger partial charge on any atom is -0.393 e. The van der Waals surface area contributed by atoms with E-state index in [1.807, 2.05) is 6.92 Å². The molecule has 0 bridgehead atoms. The molecule has 5 nitrogen and oxygen atoms in total. The van der Waals surface area contributed by atoms with Crippen LogP contribution in [0.3, 0.4) is 0 Å². The second-order valence-corrected chi connectivity index (χ2v) is 8.73. The standard InChI is InChI=1S/C24H49NO4/c1-3-5-6-7-8-9-10-11-12-13-14-15-16-18-21(27)23(24(25)29)22(28)19-20(26)17-4-2/h20-21,23-24,26-27,29H,3-19,25H2,1-2H3/t20-,21+,23+,24?/m0/s1. The number of unbranched alkanes of at least 4 members (excludes halogenated alkanes) is 12. The zero-order valence-corrected chi connectivity index (χ0v) is 19.2. The fraction of sp³-hybridized carbons (Fsp3) is 0.958. The summed E-state index contributed by atoms with van der Waals surface area (Å²) in [6.45, 7) is 4.19. The summed E-state index contributed by atoms with van der Waals surface area (Å²) in [5.41, 5.74) is 5.53. The maximum absolute atomic E-state index is 12.3. The first-order valence-corrected chi connectivity index (χ1v) is 12.3. The minimum absolute atomic E-state index is 0.0531. The molecule has 0 aromatic carbocycles. The zero-order valence-electron chi connectivity index (χ0n) is 19.2. The first-order valence-electron chi connectivity index (χ1n) is 12.3. The van der Waals surface area contributed by atoms with Gasteiger partial charge in [0.25, 0.3) is 0 Å². The number of nitrogens with two attached hydrogens (primary N) is 1. The Bertz CT molecular complexity index is 376. The summed E-state index contributed by atoms with van der Waals surface area (Å²) in [5.74, 6) is -1.35. The predicted octanol–water partition coefficient (Wildman–Crippen LogP) is 4.84. The quantitative estimate of drug-likeness (QED) is 0.159. The summed E-state index contributed by atoms with van der Waals surface area (Å²) in [7, 11) is 0. The van der Waals surface area contributed by atoms with E-state index in [0.717, 1.165) is 25.7 Å². The summed E-state index contributed by atoms with van der Waals surface area (Å²) >= 11 is 0. The van der Waals surface area contributed by atoms with Crippen molar-refractivity contribution >= 4 is 5.78 Å². The molecule has 0 fully saturated rings. The van der Waals surface area contributed by atoms with E-state index in [0.29, 0.717) is 12.8 Å². The van der Waals surface area contributed by atoms with Gasteiger partial charge in [0.05, 0.1) is 18.1 Å². The minimum atomic E-state index is -1.38. The van der Waals surface area contributed by atoms with Crippen LogP contribution in [0.4, 0.5) is 0 Å². The summed E-state index contributed by atoms with van der Waals surface area (Å²) in [6.07, 6.45) is 15.0. The van der Waals surface area contributed by atoms with Gasteiger partial charge in [-0.1, -0.05) is 104 Å². The Morgan fingerprint density at radius 2 is 1.14 bits per heavy atom. The first-order chi connectivity index (χ1) is 13.9. The molecule has 174 valence electrons. The van der Waals surface area contributed by atoms with Crippen molar-refractivity contribution in [2.45, 2.75) is 141 Å². The van der Waals surface area contributed by atoms with E-state index in [1.165, 1.54) is 64.2 Å². The van der Waals surface area contributed by atoms with Gasteiger partial charge in [-0.2, -0.15) is 0 Å². The Labute approximate surface area is 179 Å². The van der Waals surface area contributed by atoms with E-state index in [-0.39, 0.29) is 12.2 Å². The average Bonchev–Trinajstić information content (AvgIpc) is 2.65. The molecule has 0 aliphatic rings. The Kier molecular flexibility index (Phi) is 19.1. The van der Waals surface area contributed by atoms with Gasteiger partial charge in [0.2, 0.25) is 0 Å². The second kappa shape index (κ2) is 19.5. The van der Waals surface area contributed by atoms with Crippen LogP contribution in [0.2, 0.25) is 0 Å². The van der Waals surface area contributed by atoms with Crippen LogP contribution < -0.4 is 5.73 Å². The van der Waals surface area contributed by atoms with Crippen molar-refractivity contribution in [2.75, 3.05) is 0 Å². The maximum Gasteiger partial charge on any atom is 0.145 e. The normalized spacial score (nSPS) is 15.8. The molecule has 0 amide bonds. The van der Waals surface area contributed by atoms with Gasteiger partial charge >= 0.3 is 0 Å². The molecule has 4 atom stereocenters. The highest BCUT2D eigenvalue weighted by Gasteiger charge is 2.32. The van der Waals surface area contributed by atoms with Crippen molar-refractivity contribution in [3.8, 4) is 0 Å². The number of hydrogen-bond donors (Lipinski definition) is 4. The van der Waals surface area contributed by atoms with Crippen LogP contribution >= 0.6 is 0 Å². The molecule has 0 heterocycles. The average molecular weight is 416 g/mol. The lowest BCUT2D eigenvalue weighted by atomic mass is 9.88. The number of carbonyl (C=O) groups excluding carboxylic acids is 1. The molecular weight excluding hydrogens is 366 g/mol. The van der Waals surface area contributed by atoms with Gasteiger partial charge in [0.1, 0.15) is 12.0 Å². The van der Waals surface area contributed by atoms with Crippen LogP contribution in [0, 0.1) is 5.92 Å². The molecule has 5 N–H and O–H groups in total. The highest BCUT2D eigenvalue weighted by Crippen LogP contribution is 2.19. The maximum atomic E-state index is 12.3. The summed E-state index contributed by atoms with van der Waals surface area (Å²) < 4.78 is 0. The van der Waals surface area contributed by atoms with E-state index in [4.69, 9.17) is 5.73 Å². The van der Waals surface area contributed by atoms with Crippen molar-refractivity contribution in [1.29, 1.82) is 0 Å². The smallest absolute Gasteiger partial charge is 0.145 e. The van der Waals surface area contributed by atoms with Crippen molar-refractivity contribution in [1.82, 2.24) is 0 Å². The number of carbonyl (C=O) groups is 1. The van der Waals surface area contributed by atoms with Gasteiger partial charge < -0.3 is 21.1 Å². The number of ketones is 1. The first kappa shape index (κ1) is 28.5. The Hall–Kier alpha value is -0.490. The lowest BCUT2D eigenvalue weighted by Crippen LogP contribution is -2.44. The number of Topliss-reactive ketones (excluding diaryl/α,β-unsaturated/α-hetero) is 1. The third kappa shape index (κ3) is 15.9. The van der Waals surface area contributed by atoms with Crippen LogP contribution in [0.15, 0.2) is 0 Å². The Morgan fingerprint density at radius 1 is 0.690 bits per heavy atom. The number of hydrogen-bond acceptors (Lipinski definition) is 5. The molecule has 0 rings (SSSR count). The van der Waals surface area contributed by atoms with Crippen LogP contribution in [-0.4, -0.2) is 39.5 Å². The summed E-state index contributed by atoms with van der Waals surface area (Å²) in [5, 5.41) is 29.8. The zero-order chi connectivity index (χ0) is 21.9. The number of aliphatic hydroxyl groups is 3. The summed E-state index contributed by atoms with van der Waals surface area (Å²) in [4.78, 5) is 12.3. The highest BCUT2D eigenvalue weighted by atomic mass is 16.3. The molecule has 0 saturated carbocycles. The molecule has 29 heavy (non-hydrogen) atoms. The second-order valence-electron chi connectivity index (χ2n) is 8.73. The molecule has 0 spiro atoms. The predicted molar refractivity (Wildman–Crippen MR) is 121 cm³/mol. The number of aliphatic hydroxyl groups excluding tert-OH is 3. The Balaban J connectivity index is 3.78. The van der Waals surface area contributed by atoms with E-state index >= 15 is 0 Å². The van der Waals surface area contributed by atoms with Gasteiger partial charge in [0, 0.05) is 6.42 Å². The van der Waals surface area contributed by atoms with Gasteiger partial charge in [-0.3, -0.25) is 4.79 Å². The third-order valence-electron chi connectivity index (χ3n) is 5.82. The molecule has 0 saturated heterocycles. The number of rotatable bonds is 21. The van der Waals surface area contributed by atoms with Crippen LogP contribution in [0.25, 0.3) is 0 Å². The molecule has 0 radical (unpaired) electrons. The molecule has 0 aromatic rings. The molecule has 1 unspecified atom stereocenters. The van der Waals surface area contributed by atoms with Crippen LogP contribution in [-0.2, 0) is 4.79 Å². The van der Waals surface area contributed by atoms with Crippen molar-refractivity contribution in [2.24, 2.45) is 11.7 Å². The van der Waals surface area contributed by atoms with E-state index in [2.05, 4.69) is 6.92 Å². The third-order valence-corrected chi connectivity index (χ3v) is 5.82. The molecule has 5 heteroatoms. The van der Waals surface area contributed by atoms with Crippen LogP contribution in [0.5, 0.6) is 0 Å². The van der Waals surface area contributed by atoms with Crippen molar-refractivity contribution < 1.29 is 20.1 Å². The van der Waals surface area contributed by atoms with Crippen LogP contribution in [0.1, 0.15) is 123 Å². The lowest BCUT2D eigenvalue weighted by Gasteiger charge is -2.25. The largest absolute Gasteiger partial charge is 0.393 e. The molecule has 0 aliphatic heterocycles. The molecular formula is C24H49NO4. The van der Waals surface area contributed by atoms with Crippen molar-refractivity contribution in [3.05, 3.63) is 0 Å².